The third-order valence-corrected chi connectivity index (χ3v) is 6.19. The molecule has 32 heavy (non-hydrogen) atoms. The molecule has 0 saturated carbocycles. The van der Waals surface area contributed by atoms with Gasteiger partial charge in [-0.3, -0.25) is 0 Å². The molecule has 0 bridgehead atoms. The maximum absolute atomic E-state index is 2.41. The molecule has 0 spiro atoms. The first-order valence-electron chi connectivity index (χ1n) is 11.5. The standard InChI is InChI=1S/C32H34/c1-31(2,3)26-20-25(21-27(22-26)32(4,5)6)30-28(23-14-9-7-10-15-23)18-13-19-29(30)24-16-11-8-12-17-24/h7-22H,1-6H3. The minimum absolute atomic E-state index is 0.0740. The van der Waals surface area contributed by atoms with Crippen LogP contribution in [0.5, 0.6) is 0 Å². The van der Waals surface area contributed by atoms with Gasteiger partial charge in [-0.2, -0.15) is 0 Å². The van der Waals surface area contributed by atoms with Gasteiger partial charge >= 0.3 is 0 Å². The van der Waals surface area contributed by atoms with E-state index in [0.29, 0.717) is 0 Å². The minimum atomic E-state index is 0.0740. The quantitative estimate of drug-likeness (QED) is 0.311. The molecule has 0 aliphatic carbocycles. The SMILES string of the molecule is CC(C)(C)c1cc(-c2c(-c3ccccc3)cccc2-c2ccccc2)cc(C(C)(C)C)c1. The highest BCUT2D eigenvalue weighted by molar-refractivity contribution is 5.94. The highest BCUT2D eigenvalue weighted by Gasteiger charge is 2.23. The van der Waals surface area contributed by atoms with Crippen molar-refractivity contribution in [2.75, 3.05) is 0 Å². The Morgan fingerprint density at radius 3 is 1.19 bits per heavy atom. The van der Waals surface area contributed by atoms with Crippen molar-refractivity contribution in [3.63, 3.8) is 0 Å². The van der Waals surface area contributed by atoms with E-state index >= 15 is 0 Å². The number of hydrogen-bond donors (Lipinski definition) is 0. The Balaban J connectivity index is 2.09. The summed E-state index contributed by atoms with van der Waals surface area (Å²) in [6.45, 7) is 13.8. The molecule has 0 amide bonds. The summed E-state index contributed by atoms with van der Waals surface area (Å²) in [6.07, 6.45) is 0. The molecule has 0 unspecified atom stereocenters. The smallest absolute Gasteiger partial charge is 0.00266 e. The number of rotatable bonds is 3. The zero-order valence-electron chi connectivity index (χ0n) is 20.2. The Bertz CT molecular complexity index is 1110. The van der Waals surface area contributed by atoms with Gasteiger partial charge < -0.3 is 0 Å². The molecule has 162 valence electrons. The average Bonchev–Trinajstić information content (AvgIpc) is 2.78. The Labute approximate surface area is 194 Å². The fraction of sp³-hybridized carbons (Fsp3) is 0.250. The van der Waals surface area contributed by atoms with Crippen molar-refractivity contribution in [3.05, 3.63) is 108 Å². The van der Waals surface area contributed by atoms with Gasteiger partial charge in [-0.1, -0.05) is 139 Å². The van der Waals surface area contributed by atoms with Crippen LogP contribution >= 0.6 is 0 Å². The van der Waals surface area contributed by atoms with E-state index in [2.05, 4.69) is 139 Å². The van der Waals surface area contributed by atoms with Crippen LogP contribution in [0.3, 0.4) is 0 Å². The van der Waals surface area contributed by atoms with Crippen molar-refractivity contribution < 1.29 is 0 Å². The molecule has 0 aliphatic heterocycles. The molecule has 0 aliphatic rings. The van der Waals surface area contributed by atoms with E-state index in [1.807, 2.05) is 0 Å². The third kappa shape index (κ3) is 4.55. The summed E-state index contributed by atoms with van der Waals surface area (Å²) < 4.78 is 0. The van der Waals surface area contributed by atoms with Crippen LogP contribution in [0.4, 0.5) is 0 Å². The van der Waals surface area contributed by atoms with Crippen LogP contribution in [-0.2, 0) is 10.8 Å². The Morgan fingerprint density at radius 2 is 0.812 bits per heavy atom. The lowest BCUT2D eigenvalue weighted by Gasteiger charge is -2.27. The van der Waals surface area contributed by atoms with Gasteiger partial charge in [0.15, 0.2) is 0 Å². The molecule has 0 N–H and O–H groups in total. The molecule has 0 saturated heterocycles. The lowest BCUT2D eigenvalue weighted by atomic mass is 9.77. The monoisotopic (exact) mass is 418 g/mol. The van der Waals surface area contributed by atoms with Crippen molar-refractivity contribution in [1.82, 2.24) is 0 Å². The molecule has 4 rings (SSSR count). The van der Waals surface area contributed by atoms with E-state index in [-0.39, 0.29) is 10.8 Å². The van der Waals surface area contributed by atoms with Gasteiger partial charge in [0.25, 0.3) is 0 Å². The Hall–Kier alpha value is -3.12. The van der Waals surface area contributed by atoms with Gasteiger partial charge in [-0.15, -0.1) is 0 Å². The zero-order chi connectivity index (χ0) is 22.9. The summed E-state index contributed by atoms with van der Waals surface area (Å²) in [4.78, 5) is 0. The second-order valence-electron chi connectivity index (χ2n) is 10.8. The molecule has 0 radical (unpaired) electrons. The van der Waals surface area contributed by atoms with Crippen molar-refractivity contribution >= 4 is 0 Å². The zero-order valence-corrected chi connectivity index (χ0v) is 20.2. The van der Waals surface area contributed by atoms with Gasteiger partial charge in [0.1, 0.15) is 0 Å². The molecule has 0 heteroatoms. The molecular formula is C32H34. The Morgan fingerprint density at radius 1 is 0.406 bits per heavy atom. The van der Waals surface area contributed by atoms with Crippen LogP contribution in [0, 0.1) is 0 Å². The second-order valence-corrected chi connectivity index (χ2v) is 10.8. The Kier molecular flexibility index (Phi) is 5.82. The van der Waals surface area contributed by atoms with Gasteiger partial charge in [0.2, 0.25) is 0 Å². The summed E-state index contributed by atoms with van der Waals surface area (Å²) >= 11 is 0. The molecule has 0 nitrogen and oxygen atoms in total. The van der Waals surface area contributed by atoms with Crippen LogP contribution in [0.15, 0.2) is 97.1 Å². The number of hydrogen-bond acceptors (Lipinski definition) is 0. The van der Waals surface area contributed by atoms with Crippen LogP contribution < -0.4 is 0 Å². The molecule has 0 aromatic heterocycles. The number of benzene rings is 4. The lowest BCUT2D eigenvalue weighted by Crippen LogP contribution is -2.16. The first-order chi connectivity index (χ1) is 15.1. The highest BCUT2D eigenvalue weighted by Crippen LogP contribution is 2.42. The van der Waals surface area contributed by atoms with Gasteiger partial charge in [0, 0.05) is 0 Å². The fourth-order valence-corrected chi connectivity index (χ4v) is 4.22. The molecule has 4 aromatic carbocycles. The van der Waals surface area contributed by atoms with E-state index in [1.54, 1.807) is 0 Å². The van der Waals surface area contributed by atoms with E-state index in [9.17, 15) is 0 Å². The first kappa shape index (κ1) is 22.1. The lowest BCUT2D eigenvalue weighted by molar-refractivity contribution is 0.569. The predicted octanol–water partition coefficient (Wildman–Crippen LogP) is 9.28. The molecule has 0 atom stereocenters. The average molecular weight is 419 g/mol. The summed E-state index contributed by atoms with van der Waals surface area (Å²) in [7, 11) is 0. The van der Waals surface area contributed by atoms with Crippen molar-refractivity contribution in [2.45, 2.75) is 52.4 Å². The summed E-state index contributed by atoms with van der Waals surface area (Å²) in [5.74, 6) is 0. The maximum atomic E-state index is 2.41. The van der Waals surface area contributed by atoms with Crippen molar-refractivity contribution in [1.29, 1.82) is 0 Å². The molecular weight excluding hydrogens is 384 g/mol. The van der Waals surface area contributed by atoms with E-state index in [1.165, 1.54) is 44.5 Å². The van der Waals surface area contributed by atoms with Crippen molar-refractivity contribution in [2.24, 2.45) is 0 Å². The predicted molar refractivity (Wildman–Crippen MR) is 140 cm³/mol. The van der Waals surface area contributed by atoms with Gasteiger partial charge in [-0.25, -0.2) is 0 Å². The van der Waals surface area contributed by atoms with E-state index < -0.39 is 0 Å². The van der Waals surface area contributed by atoms with Crippen LogP contribution in [0.25, 0.3) is 33.4 Å². The summed E-state index contributed by atoms with van der Waals surface area (Å²) in [5, 5.41) is 0. The van der Waals surface area contributed by atoms with Crippen LogP contribution in [0.2, 0.25) is 0 Å². The molecule has 0 fully saturated rings. The maximum Gasteiger partial charge on any atom is -0.00266 e. The van der Waals surface area contributed by atoms with Crippen LogP contribution in [-0.4, -0.2) is 0 Å². The second kappa shape index (κ2) is 8.43. The highest BCUT2D eigenvalue weighted by atomic mass is 14.3. The summed E-state index contributed by atoms with van der Waals surface area (Å²) in [6, 6.07) is 35.5. The minimum Gasteiger partial charge on any atom is -0.0622 e. The molecule has 0 heterocycles. The topological polar surface area (TPSA) is 0 Å². The fourth-order valence-electron chi connectivity index (χ4n) is 4.22. The van der Waals surface area contributed by atoms with E-state index in [4.69, 9.17) is 0 Å². The third-order valence-electron chi connectivity index (χ3n) is 6.19. The molecule has 4 aromatic rings. The van der Waals surface area contributed by atoms with Gasteiger partial charge in [-0.05, 0) is 55.3 Å². The van der Waals surface area contributed by atoms with Crippen LogP contribution in [0.1, 0.15) is 52.7 Å². The largest absolute Gasteiger partial charge is 0.0622 e. The van der Waals surface area contributed by atoms with Gasteiger partial charge in [0.05, 0.1) is 0 Å². The van der Waals surface area contributed by atoms with Crippen molar-refractivity contribution in [3.8, 4) is 33.4 Å². The normalized spacial score (nSPS) is 12.1. The first-order valence-corrected chi connectivity index (χ1v) is 11.5. The van der Waals surface area contributed by atoms with E-state index in [0.717, 1.165) is 0 Å². The summed E-state index contributed by atoms with van der Waals surface area (Å²) in [5.41, 5.74) is 10.5.